The van der Waals surface area contributed by atoms with Crippen molar-refractivity contribution in [3.05, 3.63) is 63.1 Å². The zero-order valence-electron chi connectivity index (χ0n) is 17.9. The van der Waals surface area contributed by atoms with Crippen molar-refractivity contribution < 1.29 is 28.7 Å². The summed E-state index contributed by atoms with van der Waals surface area (Å²) < 4.78 is 15.7. The fourth-order valence-electron chi connectivity index (χ4n) is 2.79. The van der Waals surface area contributed by atoms with Gasteiger partial charge in [-0.2, -0.15) is 0 Å². The van der Waals surface area contributed by atoms with Crippen LogP contribution in [0.15, 0.2) is 42.5 Å². The van der Waals surface area contributed by atoms with Crippen LogP contribution in [-0.2, 0) is 4.79 Å². The molecule has 0 spiro atoms. The molecular weight excluding hydrogens is 452 g/mol. The summed E-state index contributed by atoms with van der Waals surface area (Å²) in [6, 6.07) is 11.0. The fourth-order valence-corrected chi connectivity index (χ4v) is 3.75. The van der Waals surface area contributed by atoms with Gasteiger partial charge in [0.1, 0.15) is 9.88 Å². The number of nitrogens with one attached hydrogen (secondary N) is 2. The first-order chi connectivity index (χ1) is 15.8. The molecular formula is C21H20N4O7S. The van der Waals surface area contributed by atoms with Gasteiger partial charge in [0.15, 0.2) is 23.9 Å². The Morgan fingerprint density at radius 1 is 1.06 bits per heavy atom. The van der Waals surface area contributed by atoms with E-state index in [1.54, 1.807) is 31.2 Å². The zero-order valence-corrected chi connectivity index (χ0v) is 18.7. The van der Waals surface area contributed by atoms with Crippen molar-refractivity contribution in [2.75, 3.05) is 20.8 Å². The Hall–Kier alpha value is -4.19. The van der Waals surface area contributed by atoms with E-state index in [-0.39, 0.29) is 11.4 Å². The number of ether oxygens (including phenoxy) is 3. The van der Waals surface area contributed by atoms with Crippen LogP contribution in [0.5, 0.6) is 17.2 Å². The van der Waals surface area contributed by atoms with Crippen molar-refractivity contribution >= 4 is 28.8 Å². The van der Waals surface area contributed by atoms with E-state index in [4.69, 9.17) is 14.2 Å². The van der Waals surface area contributed by atoms with Gasteiger partial charge in [0.2, 0.25) is 0 Å². The summed E-state index contributed by atoms with van der Waals surface area (Å²) in [4.78, 5) is 39.6. The van der Waals surface area contributed by atoms with Gasteiger partial charge < -0.3 is 14.2 Å². The summed E-state index contributed by atoms with van der Waals surface area (Å²) in [5.41, 5.74) is 5.46. The average Bonchev–Trinajstić information content (AvgIpc) is 3.22. The van der Waals surface area contributed by atoms with Crippen LogP contribution in [-0.4, -0.2) is 42.5 Å². The second kappa shape index (κ2) is 10.4. The largest absolute Gasteiger partial charge is 0.493 e. The van der Waals surface area contributed by atoms with Gasteiger partial charge in [0.05, 0.1) is 24.8 Å². The molecule has 0 saturated heterocycles. The number of nitro groups is 1. The van der Waals surface area contributed by atoms with Crippen molar-refractivity contribution in [3.63, 3.8) is 0 Å². The third-order valence-corrected chi connectivity index (χ3v) is 5.57. The molecule has 0 unspecified atom stereocenters. The highest BCUT2D eigenvalue weighted by Crippen LogP contribution is 2.35. The number of hydrogen-bond acceptors (Lipinski definition) is 9. The third-order valence-electron chi connectivity index (χ3n) is 4.37. The van der Waals surface area contributed by atoms with Crippen LogP contribution >= 0.6 is 11.3 Å². The number of aromatic nitrogens is 1. The lowest BCUT2D eigenvalue weighted by Gasteiger charge is -2.08. The number of para-hydroxylation sites is 2. The molecule has 0 aliphatic carbocycles. The standard InChI is InChI=1S/C21H20N4O7S/c1-12-19(33-21(22-12)13-8-9-16(30-2)17(10-13)31-3)20(27)24-23-18(26)11-32-15-7-5-4-6-14(15)25(28)29/h4-10H,11H2,1-3H3,(H,23,26)(H,24,27). The summed E-state index contributed by atoms with van der Waals surface area (Å²) in [5.74, 6) is -0.209. The van der Waals surface area contributed by atoms with Crippen molar-refractivity contribution in [3.8, 4) is 27.8 Å². The van der Waals surface area contributed by atoms with Crippen LogP contribution in [0.2, 0.25) is 0 Å². The maximum absolute atomic E-state index is 12.5. The van der Waals surface area contributed by atoms with Gasteiger partial charge in [-0.15, -0.1) is 11.3 Å². The van der Waals surface area contributed by atoms with Gasteiger partial charge in [-0.25, -0.2) is 4.98 Å². The third kappa shape index (κ3) is 5.54. The van der Waals surface area contributed by atoms with Crippen LogP contribution < -0.4 is 25.1 Å². The summed E-state index contributed by atoms with van der Waals surface area (Å²) in [5, 5.41) is 11.6. The van der Waals surface area contributed by atoms with Crippen LogP contribution in [0.4, 0.5) is 5.69 Å². The van der Waals surface area contributed by atoms with Crippen LogP contribution in [0.3, 0.4) is 0 Å². The number of nitro benzene ring substituents is 1. The molecule has 0 fully saturated rings. The van der Waals surface area contributed by atoms with E-state index < -0.39 is 23.3 Å². The van der Waals surface area contributed by atoms with E-state index in [1.165, 1.54) is 32.4 Å². The summed E-state index contributed by atoms with van der Waals surface area (Å²) in [7, 11) is 3.06. The van der Waals surface area contributed by atoms with E-state index in [0.717, 1.165) is 16.9 Å². The number of carbonyl (C=O) groups is 2. The molecule has 0 atom stereocenters. The number of aryl methyl sites for hydroxylation is 1. The quantitative estimate of drug-likeness (QED) is 0.376. The second-order valence-electron chi connectivity index (χ2n) is 6.52. The van der Waals surface area contributed by atoms with E-state index >= 15 is 0 Å². The topological polar surface area (TPSA) is 142 Å². The average molecular weight is 472 g/mol. The minimum Gasteiger partial charge on any atom is -0.493 e. The van der Waals surface area contributed by atoms with E-state index in [2.05, 4.69) is 15.8 Å². The van der Waals surface area contributed by atoms with Crippen molar-refractivity contribution in [1.29, 1.82) is 0 Å². The normalized spacial score (nSPS) is 10.3. The number of methoxy groups -OCH3 is 2. The Morgan fingerprint density at radius 2 is 1.79 bits per heavy atom. The maximum Gasteiger partial charge on any atom is 0.310 e. The second-order valence-corrected chi connectivity index (χ2v) is 7.52. The highest BCUT2D eigenvalue weighted by molar-refractivity contribution is 7.17. The predicted octanol–water partition coefficient (Wildman–Crippen LogP) is 2.88. The SMILES string of the molecule is COc1ccc(-c2nc(C)c(C(=O)NNC(=O)COc3ccccc3[N+](=O)[O-])s2)cc1OC. The van der Waals surface area contributed by atoms with Crippen LogP contribution in [0.1, 0.15) is 15.4 Å². The monoisotopic (exact) mass is 472 g/mol. The smallest absolute Gasteiger partial charge is 0.310 e. The highest BCUT2D eigenvalue weighted by atomic mass is 32.1. The molecule has 0 radical (unpaired) electrons. The van der Waals surface area contributed by atoms with Crippen molar-refractivity contribution in [1.82, 2.24) is 15.8 Å². The molecule has 3 rings (SSSR count). The molecule has 2 amide bonds. The Balaban J connectivity index is 1.62. The van der Waals surface area contributed by atoms with E-state index in [9.17, 15) is 19.7 Å². The minimum atomic E-state index is -0.691. The van der Waals surface area contributed by atoms with Gasteiger partial charge in [0.25, 0.3) is 11.8 Å². The number of carbonyl (C=O) groups excluding carboxylic acids is 2. The Morgan fingerprint density at radius 3 is 2.48 bits per heavy atom. The van der Waals surface area contributed by atoms with Gasteiger partial charge in [-0.1, -0.05) is 12.1 Å². The molecule has 2 N–H and O–H groups in total. The Labute approximate surface area is 192 Å². The molecule has 1 aromatic heterocycles. The highest BCUT2D eigenvalue weighted by Gasteiger charge is 2.19. The number of rotatable bonds is 8. The number of amides is 2. The molecule has 2 aromatic carbocycles. The summed E-state index contributed by atoms with van der Waals surface area (Å²) >= 11 is 1.14. The van der Waals surface area contributed by atoms with E-state index in [0.29, 0.717) is 27.1 Å². The Bertz CT molecular complexity index is 1200. The number of thiazole rings is 1. The molecule has 12 heteroatoms. The lowest BCUT2D eigenvalue weighted by Crippen LogP contribution is -2.43. The first-order valence-corrected chi connectivity index (χ1v) is 10.3. The van der Waals surface area contributed by atoms with Crippen molar-refractivity contribution in [2.24, 2.45) is 0 Å². The molecule has 1 heterocycles. The molecule has 3 aromatic rings. The lowest BCUT2D eigenvalue weighted by atomic mass is 10.2. The molecule has 0 aliphatic rings. The Kier molecular flexibility index (Phi) is 7.41. The van der Waals surface area contributed by atoms with Crippen LogP contribution in [0, 0.1) is 17.0 Å². The lowest BCUT2D eigenvalue weighted by molar-refractivity contribution is -0.385. The molecule has 11 nitrogen and oxygen atoms in total. The molecule has 0 aliphatic heterocycles. The number of hydrogen-bond donors (Lipinski definition) is 2. The van der Waals surface area contributed by atoms with E-state index in [1.807, 2.05) is 0 Å². The first-order valence-electron chi connectivity index (χ1n) is 9.49. The van der Waals surface area contributed by atoms with Gasteiger partial charge in [0, 0.05) is 11.6 Å². The summed E-state index contributed by atoms with van der Waals surface area (Å²) in [6.07, 6.45) is 0. The number of nitrogens with zero attached hydrogens (tertiary/aromatic N) is 2. The number of hydrazine groups is 1. The molecule has 172 valence electrons. The van der Waals surface area contributed by atoms with Crippen molar-refractivity contribution in [2.45, 2.75) is 6.92 Å². The number of benzene rings is 2. The van der Waals surface area contributed by atoms with Gasteiger partial charge in [-0.3, -0.25) is 30.6 Å². The summed E-state index contributed by atoms with van der Waals surface area (Å²) in [6.45, 7) is 1.15. The van der Waals surface area contributed by atoms with Gasteiger partial charge in [-0.05, 0) is 31.2 Å². The molecule has 33 heavy (non-hydrogen) atoms. The fraction of sp³-hybridized carbons (Fsp3) is 0.190. The zero-order chi connectivity index (χ0) is 24.0. The van der Waals surface area contributed by atoms with Gasteiger partial charge >= 0.3 is 5.69 Å². The maximum atomic E-state index is 12.5. The first kappa shape index (κ1) is 23.5. The minimum absolute atomic E-state index is 0.0539. The molecule has 0 saturated carbocycles. The molecule has 0 bridgehead atoms. The predicted molar refractivity (Wildman–Crippen MR) is 120 cm³/mol. The van der Waals surface area contributed by atoms with Crippen LogP contribution in [0.25, 0.3) is 10.6 Å².